The fourth-order valence-electron chi connectivity index (χ4n) is 1.59. The van der Waals surface area contributed by atoms with E-state index in [1.54, 1.807) is 13.0 Å². The quantitative estimate of drug-likeness (QED) is 0.700. The molecule has 0 aliphatic carbocycles. The van der Waals surface area contributed by atoms with Gasteiger partial charge in [-0.05, 0) is 31.0 Å². The van der Waals surface area contributed by atoms with Gasteiger partial charge in [0.2, 0.25) is 0 Å². The molecule has 2 amide bonds. The first-order chi connectivity index (χ1) is 9.93. The molecule has 0 fully saturated rings. The van der Waals surface area contributed by atoms with E-state index in [9.17, 15) is 14.0 Å². The number of carboxylic acids is 1. The Bertz CT molecular complexity index is 569. The predicted molar refractivity (Wildman–Crippen MR) is 74.2 cm³/mol. The van der Waals surface area contributed by atoms with Gasteiger partial charge in [-0.1, -0.05) is 6.92 Å². The molecule has 1 atom stereocenters. The standard InChI is InChI=1S/C14H16FN3O3/c1-9(13(19)20)3-2-6-17-14(21)18-12-5-4-10(8-16)7-11(12)15/h4-5,7,9H,2-3,6H2,1H3,(H,19,20)(H2,17,18,21). The summed E-state index contributed by atoms with van der Waals surface area (Å²) in [7, 11) is 0. The van der Waals surface area contributed by atoms with E-state index in [0.717, 1.165) is 6.07 Å². The van der Waals surface area contributed by atoms with Crippen LogP contribution in [0, 0.1) is 23.1 Å². The van der Waals surface area contributed by atoms with Crippen LogP contribution in [0.2, 0.25) is 0 Å². The number of anilines is 1. The first-order valence-corrected chi connectivity index (χ1v) is 6.41. The largest absolute Gasteiger partial charge is 0.481 e. The van der Waals surface area contributed by atoms with Gasteiger partial charge in [-0.2, -0.15) is 5.26 Å². The Kier molecular flexibility index (Phi) is 6.14. The van der Waals surface area contributed by atoms with E-state index in [4.69, 9.17) is 10.4 Å². The van der Waals surface area contributed by atoms with Gasteiger partial charge in [0.1, 0.15) is 5.82 Å². The number of carboxylic acid groups (broad SMARTS) is 1. The maximum absolute atomic E-state index is 13.5. The molecule has 21 heavy (non-hydrogen) atoms. The van der Waals surface area contributed by atoms with Crippen LogP contribution in [0.3, 0.4) is 0 Å². The molecule has 0 aliphatic heterocycles. The van der Waals surface area contributed by atoms with Crippen LogP contribution >= 0.6 is 0 Å². The van der Waals surface area contributed by atoms with Gasteiger partial charge in [0.25, 0.3) is 0 Å². The van der Waals surface area contributed by atoms with Crippen molar-refractivity contribution in [3.8, 4) is 6.07 Å². The van der Waals surface area contributed by atoms with Crippen molar-refractivity contribution in [2.75, 3.05) is 11.9 Å². The SMILES string of the molecule is CC(CCCNC(=O)Nc1ccc(C#N)cc1F)C(=O)O. The summed E-state index contributed by atoms with van der Waals surface area (Å²) >= 11 is 0. The fourth-order valence-corrected chi connectivity index (χ4v) is 1.59. The molecule has 1 aromatic rings. The number of hydrogen-bond donors (Lipinski definition) is 3. The van der Waals surface area contributed by atoms with Crippen LogP contribution in [0.15, 0.2) is 18.2 Å². The highest BCUT2D eigenvalue weighted by atomic mass is 19.1. The molecule has 1 unspecified atom stereocenters. The summed E-state index contributed by atoms with van der Waals surface area (Å²) in [6.07, 6.45) is 0.956. The predicted octanol–water partition coefficient (Wildman–Crippen LogP) is 2.32. The third-order valence-electron chi connectivity index (χ3n) is 2.87. The van der Waals surface area contributed by atoms with Gasteiger partial charge in [-0.15, -0.1) is 0 Å². The van der Waals surface area contributed by atoms with Crippen molar-refractivity contribution in [3.63, 3.8) is 0 Å². The number of rotatable bonds is 6. The van der Waals surface area contributed by atoms with Crippen molar-refractivity contribution >= 4 is 17.7 Å². The average Bonchev–Trinajstić information content (AvgIpc) is 2.45. The Morgan fingerprint density at radius 3 is 2.76 bits per heavy atom. The minimum absolute atomic E-state index is 0.0228. The molecule has 0 aliphatic rings. The number of amides is 2. The Labute approximate surface area is 121 Å². The van der Waals surface area contributed by atoms with Gasteiger partial charge < -0.3 is 15.7 Å². The summed E-state index contributed by atoms with van der Waals surface area (Å²) in [4.78, 5) is 22.1. The van der Waals surface area contributed by atoms with E-state index in [-0.39, 0.29) is 11.3 Å². The number of nitrogens with zero attached hydrogens (tertiary/aromatic N) is 1. The topological polar surface area (TPSA) is 102 Å². The number of carbonyl (C=O) groups is 2. The number of nitriles is 1. The molecule has 3 N–H and O–H groups in total. The summed E-state index contributed by atoms with van der Waals surface area (Å²) in [6, 6.07) is 4.95. The van der Waals surface area contributed by atoms with Crippen molar-refractivity contribution in [3.05, 3.63) is 29.6 Å². The lowest BCUT2D eigenvalue weighted by Crippen LogP contribution is -2.30. The van der Waals surface area contributed by atoms with Crippen molar-refractivity contribution in [2.24, 2.45) is 5.92 Å². The van der Waals surface area contributed by atoms with E-state index in [1.807, 2.05) is 0 Å². The highest BCUT2D eigenvalue weighted by Crippen LogP contribution is 2.15. The number of carbonyl (C=O) groups excluding carboxylic acids is 1. The normalized spacial score (nSPS) is 11.3. The third-order valence-corrected chi connectivity index (χ3v) is 2.87. The molecular weight excluding hydrogens is 277 g/mol. The molecule has 0 radical (unpaired) electrons. The minimum atomic E-state index is -0.876. The van der Waals surface area contributed by atoms with Crippen molar-refractivity contribution < 1.29 is 19.1 Å². The number of aliphatic carboxylic acids is 1. The van der Waals surface area contributed by atoms with Gasteiger partial charge in [0.15, 0.2) is 0 Å². The molecule has 112 valence electrons. The molecule has 1 rings (SSSR count). The van der Waals surface area contributed by atoms with Crippen LogP contribution in [-0.2, 0) is 4.79 Å². The minimum Gasteiger partial charge on any atom is -0.481 e. The number of halogens is 1. The third kappa shape index (κ3) is 5.48. The second kappa shape index (κ2) is 7.85. The van der Waals surface area contributed by atoms with E-state index in [2.05, 4.69) is 10.6 Å². The molecule has 0 saturated carbocycles. The highest BCUT2D eigenvalue weighted by Gasteiger charge is 2.11. The summed E-state index contributed by atoms with van der Waals surface area (Å²) < 4.78 is 13.5. The van der Waals surface area contributed by atoms with Crippen molar-refractivity contribution in [1.82, 2.24) is 5.32 Å². The Morgan fingerprint density at radius 1 is 1.48 bits per heavy atom. The van der Waals surface area contributed by atoms with E-state index >= 15 is 0 Å². The van der Waals surface area contributed by atoms with Gasteiger partial charge >= 0.3 is 12.0 Å². The Morgan fingerprint density at radius 2 is 2.19 bits per heavy atom. The van der Waals surface area contributed by atoms with Crippen LogP contribution in [0.4, 0.5) is 14.9 Å². The summed E-state index contributed by atoms with van der Waals surface area (Å²) in [5.74, 6) is -2.03. The maximum Gasteiger partial charge on any atom is 0.319 e. The second-order valence-corrected chi connectivity index (χ2v) is 4.57. The fraction of sp³-hybridized carbons (Fsp3) is 0.357. The molecule has 1 aromatic carbocycles. The van der Waals surface area contributed by atoms with Crippen molar-refractivity contribution in [2.45, 2.75) is 19.8 Å². The van der Waals surface area contributed by atoms with Gasteiger partial charge in [0.05, 0.1) is 23.2 Å². The first-order valence-electron chi connectivity index (χ1n) is 6.41. The monoisotopic (exact) mass is 293 g/mol. The van der Waals surface area contributed by atoms with Crippen molar-refractivity contribution in [1.29, 1.82) is 5.26 Å². The molecule has 7 heteroatoms. The summed E-state index contributed by atoms with van der Waals surface area (Å²) in [5, 5.41) is 22.1. The lowest BCUT2D eigenvalue weighted by Gasteiger charge is -2.09. The average molecular weight is 293 g/mol. The molecule has 0 heterocycles. The Balaban J connectivity index is 2.38. The second-order valence-electron chi connectivity index (χ2n) is 4.57. The van der Waals surface area contributed by atoms with Gasteiger partial charge in [0, 0.05) is 6.54 Å². The molecular formula is C14H16FN3O3. The molecule has 0 spiro atoms. The highest BCUT2D eigenvalue weighted by molar-refractivity contribution is 5.89. The number of benzene rings is 1. The van der Waals surface area contributed by atoms with E-state index in [1.165, 1.54) is 12.1 Å². The molecule has 0 aromatic heterocycles. The maximum atomic E-state index is 13.5. The molecule has 0 saturated heterocycles. The van der Waals surface area contributed by atoms with Crippen LogP contribution < -0.4 is 10.6 Å². The van der Waals surface area contributed by atoms with Crippen LogP contribution in [-0.4, -0.2) is 23.7 Å². The van der Waals surface area contributed by atoms with Crippen LogP contribution in [0.25, 0.3) is 0 Å². The zero-order valence-electron chi connectivity index (χ0n) is 11.5. The number of nitrogens with one attached hydrogen (secondary N) is 2. The lowest BCUT2D eigenvalue weighted by molar-refractivity contribution is -0.141. The number of hydrogen-bond acceptors (Lipinski definition) is 3. The number of urea groups is 1. The van der Waals surface area contributed by atoms with Gasteiger partial charge in [-0.3, -0.25) is 4.79 Å². The summed E-state index contributed by atoms with van der Waals surface area (Å²) in [5.41, 5.74) is 0.145. The van der Waals surface area contributed by atoms with E-state index < -0.39 is 23.7 Å². The van der Waals surface area contributed by atoms with Crippen LogP contribution in [0.5, 0.6) is 0 Å². The zero-order chi connectivity index (χ0) is 15.8. The molecule has 0 bridgehead atoms. The first kappa shape index (κ1) is 16.4. The van der Waals surface area contributed by atoms with Crippen LogP contribution in [0.1, 0.15) is 25.3 Å². The Hall–Kier alpha value is -2.62. The lowest BCUT2D eigenvalue weighted by atomic mass is 10.1. The van der Waals surface area contributed by atoms with E-state index in [0.29, 0.717) is 19.4 Å². The summed E-state index contributed by atoms with van der Waals surface area (Å²) in [6.45, 7) is 1.88. The zero-order valence-corrected chi connectivity index (χ0v) is 11.5. The smallest absolute Gasteiger partial charge is 0.319 e. The van der Waals surface area contributed by atoms with Gasteiger partial charge in [-0.25, -0.2) is 9.18 Å². The molecule has 6 nitrogen and oxygen atoms in total.